The molecule has 0 amide bonds. The molecule has 154 valence electrons. The number of hydrogen-bond donors (Lipinski definition) is 1. The van der Waals surface area contributed by atoms with Crippen molar-refractivity contribution in [2.45, 2.75) is 31.5 Å². The summed E-state index contributed by atoms with van der Waals surface area (Å²) in [5.41, 5.74) is 0.960. The molecule has 1 aromatic heterocycles. The fraction of sp³-hybridized carbons (Fsp3) is 0.211. The third-order valence-electron chi connectivity index (χ3n) is 4.15. The summed E-state index contributed by atoms with van der Waals surface area (Å²) in [6.45, 7) is 4.08. The fourth-order valence-corrected chi connectivity index (χ4v) is 4.17. The Kier molecular flexibility index (Phi) is 5.40. The van der Waals surface area contributed by atoms with E-state index in [4.69, 9.17) is 0 Å². The molecule has 2 aromatic carbocycles. The second kappa shape index (κ2) is 7.51. The molecule has 3 aromatic rings. The summed E-state index contributed by atoms with van der Waals surface area (Å²) in [5, 5.41) is 4.32. The van der Waals surface area contributed by atoms with E-state index in [1.807, 2.05) is 19.9 Å². The number of aromatic nitrogens is 2. The van der Waals surface area contributed by atoms with Gasteiger partial charge in [0.15, 0.2) is 0 Å². The highest BCUT2D eigenvalue weighted by Crippen LogP contribution is 2.35. The van der Waals surface area contributed by atoms with Crippen LogP contribution in [-0.2, 0) is 22.7 Å². The number of sulfonamides is 1. The van der Waals surface area contributed by atoms with Crippen LogP contribution in [-0.4, -0.2) is 18.2 Å². The largest absolute Gasteiger partial charge is 0.417 e. The third kappa shape index (κ3) is 4.76. The molecule has 0 bridgehead atoms. The number of nitrogens with zero attached hydrogens (tertiary/aromatic N) is 2. The number of nitrogens with one attached hydrogen (secondary N) is 1. The topological polar surface area (TPSA) is 64.0 Å². The average Bonchev–Trinajstić information content (AvgIpc) is 2.91. The van der Waals surface area contributed by atoms with E-state index >= 15 is 0 Å². The van der Waals surface area contributed by atoms with Crippen LogP contribution < -0.4 is 4.72 Å². The Morgan fingerprint density at radius 2 is 1.79 bits per heavy atom. The van der Waals surface area contributed by atoms with E-state index in [-0.39, 0.29) is 11.8 Å². The Morgan fingerprint density at radius 3 is 2.41 bits per heavy atom. The molecule has 0 saturated heterocycles. The molecule has 1 heterocycles. The summed E-state index contributed by atoms with van der Waals surface area (Å²) >= 11 is 0. The zero-order chi connectivity index (χ0) is 21.4. The maximum absolute atomic E-state index is 13.3. The normalized spacial score (nSPS) is 12.2. The lowest BCUT2D eigenvalue weighted by Crippen LogP contribution is -2.19. The standard InChI is InChI=1S/C19H17F4N3O2S/c1-12-8-13(2)26(24-12)11-14-4-3-5-16(9-14)25-29(27,28)18-7-6-15(20)10-17(18)19(21,22)23/h3-10,25H,11H2,1-2H3. The van der Waals surface area contributed by atoms with Crippen LogP contribution in [0.5, 0.6) is 0 Å². The van der Waals surface area contributed by atoms with E-state index in [1.165, 1.54) is 12.1 Å². The molecule has 0 radical (unpaired) electrons. The van der Waals surface area contributed by atoms with Crippen molar-refractivity contribution in [3.8, 4) is 0 Å². The smallest absolute Gasteiger partial charge is 0.280 e. The monoisotopic (exact) mass is 427 g/mol. The summed E-state index contributed by atoms with van der Waals surface area (Å²) < 4.78 is 81.8. The van der Waals surface area contributed by atoms with Crippen molar-refractivity contribution >= 4 is 15.7 Å². The number of aryl methyl sites for hydroxylation is 2. The summed E-state index contributed by atoms with van der Waals surface area (Å²) in [7, 11) is -4.60. The predicted molar refractivity (Wildman–Crippen MR) is 99.5 cm³/mol. The van der Waals surface area contributed by atoms with Crippen LogP contribution in [0.2, 0.25) is 0 Å². The van der Waals surface area contributed by atoms with Gasteiger partial charge < -0.3 is 0 Å². The predicted octanol–water partition coefficient (Wildman–Crippen LogP) is 4.51. The summed E-state index contributed by atoms with van der Waals surface area (Å²) in [6, 6.07) is 9.56. The van der Waals surface area contributed by atoms with Crippen LogP contribution in [0.1, 0.15) is 22.5 Å². The minimum Gasteiger partial charge on any atom is -0.280 e. The molecule has 1 N–H and O–H groups in total. The van der Waals surface area contributed by atoms with Gasteiger partial charge in [-0.1, -0.05) is 12.1 Å². The van der Waals surface area contributed by atoms with Crippen molar-refractivity contribution in [3.05, 3.63) is 76.9 Å². The Hall–Kier alpha value is -2.88. The Balaban J connectivity index is 1.91. The molecular formula is C19H17F4N3O2S. The van der Waals surface area contributed by atoms with Gasteiger partial charge in [-0.25, -0.2) is 12.8 Å². The van der Waals surface area contributed by atoms with E-state index in [9.17, 15) is 26.0 Å². The van der Waals surface area contributed by atoms with Crippen molar-refractivity contribution in [1.29, 1.82) is 0 Å². The molecule has 0 aliphatic heterocycles. The van der Waals surface area contributed by atoms with Gasteiger partial charge in [0.05, 0.1) is 22.7 Å². The molecule has 0 saturated carbocycles. The first-order chi connectivity index (χ1) is 13.5. The van der Waals surface area contributed by atoms with Crippen LogP contribution in [0.4, 0.5) is 23.2 Å². The lowest BCUT2D eigenvalue weighted by Gasteiger charge is -2.15. The number of rotatable bonds is 5. The Morgan fingerprint density at radius 1 is 1.07 bits per heavy atom. The molecule has 0 spiro atoms. The van der Waals surface area contributed by atoms with E-state index in [1.54, 1.807) is 16.8 Å². The SMILES string of the molecule is Cc1cc(C)n(Cc2cccc(NS(=O)(=O)c3ccc(F)cc3C(F)(F)F)c2)n1. The van der Waals surface area contributed by atoms with Gasteiger partial charge >= 0.3 is 6.18 Å². The summed E-state index contributed by atoms with van der Waals surface area (Å²) in [6.07, 6.45) is -5.02. The second-order valence-corrected chi connectivity index (χ2v) is 8.18. The first-order valence-corrected chi connectivity index (χ1v) is 9.93. The Labute approximate surface area is 165 Å². The van der Waals surface area contributed by atoms with Crippen LogP contribution in [0.25, 0.3) is 0 Å². The molecule has 0 aliphatic carbocycles. The first kappa shape index (κ1) is 20.8. The van der Waals surface area contributed by atoms with Crippen LogP contribution in [0.3, 0.4) is 0 Å². The molecule has 5 nitrogen and oxygen atoms in total. The highest BCUT2D eigenvalue weighted by atomic mass is 32.2. The molecular weight excluding hydrogens is 410 g/mol. The number of hydrogen-bond acceptors (Lipinski definition) is 3. The number of benzene rings is 2. The van der Waals surface area contributed by atoms with Crippen LogP contribution in [0.15, 0.2) is 53.4 Å². The lowest BCUT2D eigenvalue weighted by atomic mass is 10.2. The van der Waals surface area contributed by atoms with Gasteiger partial charge in [0, 0.05) is 11.4 Å². The third-order valence-corrected chi connectivity index (χ3v) is 5.59. The molecule has 29 heavy (non-hydrogen) atoms. The van der Waals surface area contributed by atoms with Crippen molar-refractivity contribution < 1.29 is 26.0 Å². The Bertz CT molecular complexity index is 1150. The van der Waals surface area contributed by atoms with E-state index < -0.39 is 32.5 Å². The van der Waals surface area contributed by atoms with Gasteiger partial charge in [-0.2, -0.15) is 18.3 Å². The van der Waals surface area contributed by atoms with Gasteiger partial charge in [0.1, 0.15) is 5.82 Å². The minimum absolute atomic E-state index is 0.0847. The van der Waals surface area contributed by atoms with Crippen LogP contribution in [0, 0.1) is 19.7 Å². The molecule has 10 heteroatoms. The number of anilines is 1. The van der Waals surface area contributed by atoms with Gasteiger partial charge in [-0.05, 0) is 55.8 Å². The molecule has 0 fully saturated rings. The zero-order valence-corrected chi connectivity index (χ0v) is 16.3. The summed E-state index contributed by atoms with van der Waals surface area (Å²) in [5.74, 6) is -1.18. The fourth-order valence-electron chi connectivity index (χ4n) is 2.91. The van der Waals surface area contributed by atoms with Gasteiger partial charge in [-0.3, -0.25) is 9.40 Å². The van der Waals surface area contributed by atoms with E-state index in [0.29, 0.717) is 24.2 Å². The van der Waals surface area contributed by atoms with Crippen molar-refractivity contribution in [2.75, 3.05) is 4.72 Å². The number of alkyl halides is 3. The van der Waals surface area contributed by atoms with Crippen molar-refractivity contribution in [1.82, 2.24) is 9.78 Å². The highest BCUT2D eigenvalue weighted by molar-refractivity contribution is 7.92. The first-order valence-electron chi connectivity index (χ1n) is 8.45. The average molecular weight is 427 g/mol. The van der Waals surface area contributed by atoms with Gasteiger partial charge in [0.25, 0.3) is 10.0 Å². The highest BCUT2D eigenvalue weighted by Gasteiger charge is 2.37. The maximum atomic E-state index is 13.3. The lowest BCUT2D eigenvalue weighted by molar-refractivity contribution is -0.140. The van der Waals surface area contributed by atoms with Crippen molar-refractivity contribution in [2.24, 2.45) is 0 Å². The number of halogens is 4. The maximum Gasteiger partial charge on any atom is 0.417 e. The molecule has 0 atom stereocenters. The second-order valence-electron chi connectivity index (χ2n) is 6.53. The quantitative estimate of drug-likeness (QED) is 0.610. The van der Waals surface area contributed by atoms with Crippen LogP contribution >= 0.6 is 0 Å². The molecule has 0 aliphatic rings. The zero-order valence-electron chi connectivity index (χ0n) is 15.5. The summed E-state index contributed by atoms with van der Waals surface area (Å²) in [4.78, 5) is -1.05. The molecule has 0 unspecified atom stereocenters. The minimum atomic E-state index is -5.02. The van der Waals surface area contributed by atoms with E-state index in [2.05, 4.69) is 9.82 Å². The van der Waals surface area contributed by atoms with E-state index in [0.717, 1.165) is 11.4 Å². The van der Waals surface area contributed by atoms with Gasteiger partial charge in [-0.15, -0.1) is 0 Å². The van der Waals surface area contributed by atoms with Gasteiger partial charge in [0.2, 0.25) is 0 Å². The molecule has 3 rings (SSSR count). The van der Waals surface area contributed by atoms with Crippen molar-refractivity contribution in [3.63, 3.8) is 0 Å².